The maximum absolute atomic E-state index is 6.13. The highest BCUT2D eigenvalue weighted by Gasteiger charge is 2.00. The van der Waals surface area contributed by atoms with E-state index in [0.29, 0.717) is 5.02 Å². The van der Waals surface area contributed by atoms with Crippen molar-refractivity contribution in [3.63, 3.8) is 0 Å². The normalized spacial score (nSPS) is 10.1. The summed E-state index contributed by atoms with van der Waals surface area (Å²) in [6.45, 7) is 1.91. The molecule has 0 heterocycles. The van der Waals surface area contributed by atoms with Crippen LogP contribution in [-0.2, 0) is 12.8 Å². The van der Waals surface area contributed by atoms with E-state index >= 15 is 0 Å². The predicted octanol–water partition coefficient (Wildman–Crippen LogP) is 4.79. The summed E-state index contributed by atoms with van der Waals surface area (Å²) in [7, 11) is 0. The number of hydrogen-bond acceptors (Lipinski definition) is 1. The smallest absolute Gasteiger partial charge is 0.0453 e. The van der Waals surface area contributed by atoms with Crippen molar-refractivity contribution in [3.8, 4) is 0 Å². The average Bonchev–Trinajstić information content (AvgIpc) is 2.42. The SMILES string of the molecule is Cl.Clc1ccc(CCNCCc2ccccc2)c(Cl)c1. The van der Waals surface area contributed by atoms with Crippen molar-refractivity contribution in [3.05, 3.63) is 69.7 Å². The highest BCUT2D eigenvalue weighted by Crippen LogP contribution is 2.20. The Morgan fingerprint density at radius 1 is 0.850 bits per heavy atom. The van der Waals surface area contributed by atoms with Gasteiger partial charge in [-0.2, -0.15) is 0 Å². The van der Waals surface area contributed by atoms with Crippen LogP contribution >= 0.6 is 35.6 Å². The minimum Gasteiger partial charge on any atom is -0.316 e. The van der Waals surface area contributed by atoms with Gasteiger partial charge in [0.15, 0.2) is 0 Å². The summed E-state index contributed by atoms with van der Waals surface area (Å²) >= 11 is 12.0. The summed E-state index contributed by atoms with van der Waals surface area (Å²) in [5.74, 6) is 0. The van der Waals surface area contributed by atoms with E-state index in [1.807, 2.05) is 18.2 Å². The first kappa shape index (κ1) is 17.3. The Labute approximate surface area is 136 Å². The molecule has 0 saturated heterocycles. The minimum atomic E-state index is 0. The van der Waals surface area contributed by atoms with Crippen LogP contribution in [0.2, 0.25) is 10.0 Å². The van der Waals surface area contributed by atoms with Crippen LogP contribution < -0.4 is 5.32 Å². The molecule has 0 fully saturated rings. The van der Waals surface area contributed by atoms with E-state index in [-0.39, 0.29) is 12.4 Å². The third-order valence-corrected chi connectivity index (χ3v) is 3.61. The van der Waals surface area contributed by atoms with E-state index in [2.05, 4.69) is 29.6 Å². The number of rotatable bonds is 6. The molecule has 0 amide bonds. The van der Waals surface area contributed by atoms with Gasteiger partial charge >= 0.3 is 0 Å². The van der Waals surface area contributed by atoms with Gasteiger partial charge in [-0.05, 0) is 49.2 Å². The summed E-state index contributed by atoms with van der Waals surface area (Å²) in [6.07, 6.45) is 1.97. The third kappa shape index (κ3) is 5.72. The maximum Gasteiger partial charge on any atom is 0.0453 e. The second-order valence-corrected chi connectivity index (χ2v) is 5.31. The van der Waals surface area contributed by atoms with Crippen molar-refractivity contribution in [1.82, 2.24) is 5.32 Å². The van der Waals surface area contributed by atoms with Gasteiger partial charge in [-0.25, -0.2) is 0 Å². The molecule has 0 saturated carbocycles. The Morgan fingerprint density at radius 3 is 2.25 bits per heavy atom. The molecule has 0 aliphatic heterocycles. The summed E-state index contributed by atoms with van der Waals surface area (Å²) < 4.78 is 0. The second-order valence-electron chi connectivity index (χ2n) is 4.47. The fourth-order valence-corrected chi connectivity index (χ4v) is 2.45. The highest BCUT2D eigenvalue weighted by atomic mass is 35.5. The van der Waals surface area contributed by atoms with Crippen LogP contribution in [0.5, 0.6) is 0 Å². The molecular formula is C16H18Cl3N. The van der Waals surface area contributed by atoms with Crippen molar-refractivity contribution < 1.29 is 0 Å². The molecule has 2 rings (SSSR count). The number of halogens is 3. The van der Waals surface area contributed by atoms with E-state index in [0.717, 1.165) is 36.5 Å². The largest absolute Gasteiger partial charge is 0.316 e. The van der Waals surface area contributed by atoms with Crippen molar-refractivity contribution in [2.45, 2.75) is 12.8 Å². The van der Waals surface area contributed by atoms with Crippen molar-refractivity contribution in [2.24, 2.45) is 0 Å². The summed E-state index contributed by atoms with van der Waals surface area (Å²) in [5.41, 5.74) is 2.50. The predicted molar refractivity (Wildman–Crippen MR) is 90.4 cm³/mol. The van der Waals surface area contributed by atoms with Crippen LogP contribution in [0, 0.1) is 0 Å². The maximum atomic E-state index is 6.13. The quantitative estimate of drug-likeness (QED) is 0.751. The average molecular weight is 331 g/mol. The Kier molecular flexibility index (Phi) is 8.01. The molecule has 2 aromatic rings. The molecular weight excluding hydrogens is 313 g/mol. The monoisotopic (exact) mass is 329 g/mol. The molecule has 0 aliphatic carbocycles. The molecule has 1 N–H and O–H groups in total. The van der Waals surface area contributed by atoms with E-state index < -0.39 is 0 Å². The molecule has 2 aromatic carbocycles. The Bertz CT molecular complexity index is 514. The molecule has 1 nitrogen and oxygen atoms in total. The van der Waals surface area contributed by atoms with Gasteiger partial charge < -0.3 is 5.32 Å². The third-order valence-electron chi connectivity index (χ3n) is 3.02. The molecule has 0 aromatic heterocycles. The van der Waals surface area contributed by atoms with Crippen LogP contribution in [0.4, 0.5) is 0 Å². The van der Waals surface area contributed by atoms with Crippen molar-refractivity contribution in [1.29, 1.82) is 0 Å². The Hall–Kier alpha value is -0.730. The van der Waals surface area contributed by atoms with Gasteiger partial charge in [-0.3, -0.25) is 0 Å². The van der Waals surface area contributed by atoms with Gasteiger partial charge in [0.05, 0.1) is 0 Å². The zero-order valence-corrected chi connectivity index (χ0v) is 13.4. The van der Waals surface area contributed by atoms with Gasteiger partial charge in [0, 0.05) is 10.0 Å². The van der Waals surface area contributed by atoms with E-state index in [1.165, 1.54) is 5.56 Å². The van der Waals surface area contributed by atoms with Gasteiger partial charge in [0.2, 0.25) is 0 Å². The fourth-order valence-electron chi connectivity index (χ4n) is 1.95. The molecule has 0 atom stereocenters. The van der Waals surface area contributed by atoms with Crippen molar-refractivity contribution in [2.75, 3.05) is 13.1 Å². The summed E-state index contributed by atoms with van der Waals surface area (Å²) in [6, 6.07) is 16.2. The second kappa shape index (κ2) is 9.25. The van der Waals surface area contributed by atoms with Crippen LogP contribution in [0.15, 0.2) is 48.5 Å². The summed E-state index contributed by atoms with van der Waals surface area (Å²) in [4.78, 5) is 0. The van der Waals surface area contributed by atoms with Crippen LogP contribution in [0.1, 0.15) is 11.1 Å². The number of benzene rings is 2. The first-order valence-electron chi connectivity index (χ1n) is 6.44. The number of nitrogens with one attached hydrogen (secondary N) is 1. The fraction of sp³-hybridized carbons (Fsp3) is 0.250. The van der Waals surface area contributed by atoms with Crippen LogP contribution in [0.25, 0.3) is 0 Å². The zero-order valence-electron chi connectivity index (χ0n) is 11.1. The minimum absolute atomic E-state index is 0. The Balaban J connectivity index is 0.00000200. The first-order valence-corrected chi connectivity index (χ1v) is 7.20. The first-order chi connectivity index (χ1) is 9.25. The van der Waals surface area contributed by atoms with Crippen LogP contribution in [0.3, 0.4) is 0 Å². The van der Waals surface area contributed by atoms with Gasteiger partial charge in [-0.1, -0.05) is 59.6 Å². The lowest BCUT2D eigenvalue weighted by Crippen LogP contribution is -2.20. The van der Waals surface area contributed by atoms with Gasteiger partial charge in [0.1, 0.15) is 0 Å². The van der Waals surface area contributed by atoms with Crippen LogP contribution in [-0.4, -0.2) is 13.1 Å². The lowest BCUT2D eigenvalue weighted by molar-refractivity contribution is 0.682. The zero-order chi connectivity index (χ0) is 13.5. The standard InChI is InChI=1S/C16H17Cl2N.ClH/c17-15-7-6-14(16(18)12-15)9-11-19-10-8-13-4-2-1-3-5-13;/h1-7,12,19H,8-11H2;1H. The van der Waals surface area contributed by atoms with E-state index in [9.17, 15) is 0 Å². The Morgan fingerprint density at radius 2 is 1.55 bits per heavy atom. The van der Waals surface area contributed by atoms with Crippen molar-refractivity contribution >= 4 is 35.6 Å². The summed E-state index contributed by atoms with van der Waals surface area (Å²) in [5, 5.41) is 4.87. The lowest BCUT2D eigenvalue weighted by Gasteiger charge is -2.07. The highest BCUT2D eigenvalue weighted by molar-refractivity contribution is 6.35. The molecule has 108 valence electrons. The molecule has 0 spiro atoms. The van der Waals surface area contributed by atoms with E-state index in [4.69, 9.17) is 23.2 Å². The molecule has 0 bridgehead atoms. The topological polar surface area (TPSA) is 12.0 Å². The molecule has 0 unspecified atom stereocenters. The molecule has 0 aliphatic rings. The molecule has 4 heteroatoms. The number of hydrogen-bond donors (Lipinski definition) is 1. The van der Waals surface area contributed by atoms with Gasteiger partial charge in [-0.15, -0.1) is 12.4 Å². The lowest BCUT2D eigenvalue weighted by atomic mass is 10.1. The molecule has 20 heavy (non-hydrogen) atoms. The molecule has 0 radical (unpaired) electrons. The van der Waals surface area contributed by atoms with E-state index in [1.54, 1.807) is 6.07 Å². The van der Waals surface area contributed by atoms with Gasteiger partial charge in [0.25, 0.3) is 0 Å².